The SMILES string of the molecule is CNC(=O)c1ccc(/C=C\C(=O)N[C@@](C)(C(=O)OC)c2ccccc2)cc1. The van der Waals surface area contributed by atoms with Gasteiger partial charge >= 0.3 is 5.97 Å². The molecule has 0 spiro atoms. The molecule has 2 N–H and O–H groups in total. The maximum absolute atomic E-state index is 12.4. The van der Waals surface area contributed by atoms with E-state index in [1.54, 1.807) is 68.6 Å². The van der Waals surface area contributed by atoms with Crippen molar-refractivity contribution in [1.29, 1.82) is 0 Å². The summed E-state index contributed by atoms with van der Waals surface area (Å²) in [5.74, 6) is -1.19. The number of hydrogen-bond donors (Lipinski definition) is 2. The highest BCUT2D eigenvalue weighted by atomic mass is 16.5. The van der Waals surface area contributed by atoms with Crippen molar-refractivity contribution in [3.8, 4) is 0 Å². The summed E-state index contributed by atoms with van der Waals surface area (Å²) in [5.41, 5.74) is 0.591. The highest BCUT2D eigenvalue weighted by Crippen LogP contribution is 2.22. The van der Waals surface area contributed by atoms with Crippen molar-refractivity contribution < 1.29 is 19.1 Å². The summed E-state index contributed by atoms with van der Waals surface area (Å²) in [6.07, 6.45) is 2.94. The van der Waals surface area contributed by atoms with Crippen LogP contribution in [0, 0.1) is 0 Å². The average molecular weight is 366 g/mol. The molecule has 0 aliphatic carbocycles. The fourth-order valence-electron chi connectivity index (χ4n) is 2.57. The minimum Gasteiger partial charge on any atom is -0.467 e. The zero-order valence-corrected chi connectivity index (χ0v) is 15.5. The standard InChI is InChI=1S/C21H22N2O4/c1-21(20(26)27-3,17-7-5-4-6-8-17)23-18(24)14-11-15-9-12-16(13-10-15)19(25)22-2/h4-14H,1-3H3,(H,22,25)(H,23,24)/b14-11-/t21-/m1/s1. The lowest BCUT2D eigenvalue weighted by Crippen LogP contribution is -2.49. The first-order chi connectivity index (χ1) is 12.9. The van der Waals surface area contributed by atoms with Crippen LogP contribution in [0.1, 0.15) is 28.4 Å². The fraction of sp³-hybridized carbons (Fsp3) is 0.190. The maximum Gasteiger partial charge on any atom is 0.336 e. The van der Waals surface area contributed by atoms with Crippen molar-refractivity contribution in [1.82, 2.24) is 10.6 Å². The van der Waals surface area contributed by atoms with E-state index >= 15 is 0 Å². The van der Waals surface area contributed by atoms with E-state index in [1.165, 1.54) is 13.2 Å². The molecule has 0 aliphatic rings. The molecule has 0 bridgehead atoms. The van der Waals surface area contributed by atoms with Gasteiger partial charge in [0.2, 0.25) is 5.91 Å². The van der Waals surface area contributed by atoms with Gasteiger partial charge in [0, 0.05) is 18.7 Å². The molecule has 0 unspecified atom stereocenters. The second-order valence-electron chi connectivity index (χ2n) is 6.01. The molecule has 0 heterocycles. The number of rotatable bonds is 6. The van der Waals surface area contributed by atoms with Crippen LogP contribution in [0.15, 0.2) is 60.7 Å². The zero-order valence-electron chi connectivity index (χ0n) is 15.5. The number of amides is 2. The summed E-state index contributed by atoms with van der Waals surface area (Å²) in [6.45, 7) is 1.60. The van der Waals surface area contributed by atoms with Gasteiger partial charge in [0.15, 0.2) is 5.54 Å². The summed E-state index contributed by atoms with van der Waals surface area (Å²) in [6, 6.07) is 15.7. The Hall–Kier alpha value is -3.41. The number of methoxy groups -OCH3 is 1. The second-order valence-corrected chi connectivity index (χ2v) is 6.01. The van der Waals surface area contributed by atoms with E-state index in [0.717, 1.165) is 5.56 Å². The van der Waals surface area contributed by atoms with E-state index in [2.05, 4.69) is 10.6 Å². The highest BCUT2D eigenvalue weighted by Gasteiger charge is 2.37. The fourth-order valence-corrected chi connectivity index (χ4v) is 2.57. The Labute approximate surface area is 158 Å². The first-order valence-electron chi connectivity index (χ1n) is 8.37. The van der Waals surface area contributed by atoms with Crippen LogP contribution in [0.2, 0.25) is 0 Å². The van der Waals surface area contributed by atoms with E-state index < -0.39 is 17.4 Å². The molecule has 2 aromatic carbocycles. The molecule has 2 amide bonds. The van der Waals surface area contributed by atoms with E-state index in [4.69, 9.17) is 4.74 Å². The van der Waals surface area contributed by atoms with Crippen LogP contribution >= 0.6 is 0 Å². The van der Waals surface area contributed by atoms with Gasteiger partial charge in [0.25, 0.3) is 5.91 Å². The van der Waals surface area contributed by atoms with Crippen molar-refractivity contribution in [2.45, 2.75) is 12.5 Å². The maximum atomic E-state index is 12.4. The third-order valence-corrected chi connectivity index (χ3v) is 4.15. The third-order valence-electron chi connectivity index (χ3n) is 4.15. The molecule has 0 radical (unpaired) electrons. The Morgan fingerprint density at radius 2 is 1.63 bits per heavy atom. The Kier molecular flexibility index (Phi) is 6.49. The number of carbonyl (C=O) groups is 3. The molecule has 140 valence electrons. The molecule has 2 rings (SSSR count). The van der Waals surface area contributed by atoms with Crippen molar-refractivity contribution in [3.63, 3.8) is 0 Å². The van der Waals surface area contributed by atoms with Crippen molar-refractivity contribution >= 4 is 23.9 Å². The van der Waals surface area contributed by atoms with Gasteiger partial charge in [-0.1, -0.05) is 42.5 Å². The third kappa shape index (κ3) is 4.82. The van der Waals surface area contributed by atoms with Gasteiger partial charge in [0.1, 0.15) is 0 Å². The lowest BCUT2D eigenvalue weighted by atomic mass is 9.92. The lowest BCUT2D eigenvalue weighted by molar-refractivity contribution is -0.150. The van der Waals surface area contributed by atoms with Gasteiger partial charge in [-0.2, -0.15) is 0 Å². The molecule has 2 aromatic rings. The van der Waals surface area contributed by atoms with Gasteiger partial charge in [-0.3, -0.25) is 9.59 Å². The van der Waals surface area contributed by atoms with Gasteiger partial charge in [-0.05, 0) is 36.3 Å². The molecular weight excluding hydrogens is 344 g/mol. The molecule has 0 fully saturated rings. The van der Waals surface area contributed by atoms with Gasteiger partial charge in [-0.25, -0.2) is 4.79 Å². The van der Waals surface area contributed by atoms with Gasteiger partial charge in [-0.15, -0.1) is 0 Å². The van der Waals surface area contributed by atoms with Gasteiger partial charge in [0.05, 0.1) is 7.11 Å². The molecule has 0 saturated carbocycles. The number of ether oxygens (including phenoxy) is 1. The molecule has 27 heavy (non-hydrogen) atoms. The summed E-state index contributed by atoms with van der Waals surface area (Å²) in [7, 11) is 2.84. The minimum atomic E-state index is -1.31. The normalized spacial score (nSPS) is 12.9. The molecule has 0 saturated heterocycles. The highest BCUT2D eigenvalue weighted by molar-refractivity contribution is 5.97. The molecule has 6 heteroatoms. The van der Waals surface area contributed by atoms with E-state index in [0.29, 0.717) is 11.1 Å². The van der Waals surface area contributed by atoms with Crippen molar-refractivity contribution in [2.75, 3.05) is 14.2 Å². The summed E-state index contributed by atoms with van der Waals surface area (Å²) in [5, 5.41) is 5.25. The van der Waals surface area contributed by atoms with Crippen LogP contribution in [-0.4, -0.2) is 31.9 Å². The van der Waals surface area contributed by atoms with Gasteiger partial charge < -0.3 is 15.4 Å². The van der Waals surface area contributed by atoms with E-state index in [-0.39, 0.29) is 5.91 Å². The predicted octanol–water partition coefficient (Wildman–Crippen LogP) is 2.26. The van der Waals surface area contributed by atoms with Crippen LogP contribution in [0.25, 0.3) is 6.08 Å². The van der Waals surface area contributed by atoms with E-state index in [1.807, 2.05) is 6.07 Å². The number of benzene rings is 2. The molecule has 0 aromatic heterocycles. The lowest BCUT2D eigenvalue weighted by Gasteiger charge is -2.27. The first kappa shape index (κ1) is 19.9. The summed E-state index contributed by atoms with van der Waals surface area (Å²) < 4.78 is 4.86. The molecule has 6 nitrogen and oxygen atoms in total. The minimum absolute atomic E-state index is 0.181. The van der Waals surface area contributed by atoms with E-state index in [9.17, 15) is 14.4 Å². The number of esters is 1. The number of nitrogens with one attached hydrogen (secondary N) is 2. The topological polar surface area (TPSA) is 84.5 Å². The van der Waals surface area contributed by atoms with Crippen molar-refractivity contribution in [3.05, 3.63) is 77.4 Å². The molecule has 1 atom stereocenters. The Balaban J connectivity index is 2.15. The summed E-state index contributed by atoms with van der Waals surface area (Å²) in [4.78, 5) is 36.2. The smallest absolute Gasteiger partial charge is 0.336 e. The Bertz CT molecular complexity index is 844. The van der Waals surface area contributed by atoms with Crippen molar-refractivity contribution in [2.24, 2.45) is 0 Å². The number of carbonyl (C=O) groups excluding carboxylic acids is 3. The predicted molar refractivity (Wildman–Crippen MR) is 103 cm³/mol. The first-order valence-corrected chi connectivity index (χ1v) is 8.37. The van der Waals surface area contributed by atoms with Crippen LogP contribution < -0.4 is 10.6 Å². The molecular formula is C21H22N2O4. The Morgan fingerprint density at radius 3 is 2.19 bits per heavy atom. The monoisotopic (exact) mass is 366 g/mol. The Morgan fingerprint density at radius 1 is 1.00 bits per heavy atom. The molecule has 0 aliphatic heterocycles. The van der Waals surface area contributed by atoms with Crippen LogP contribution in [-0.2, 0) is 19.9 Å². The second kappa shape index (κ2) is 8.80. The quantitative estimate of drug-likeness (QED) is 0.607. The largest absolute Gasteiger partial charge is 0.467 e. The van der Waals surface area contributed by atoms with Crippen LogP contribution in [0.3, 0.4) is 0 Å². The average Bonchev–Trinajstić information content (AvgIpc) is 2.71. The zero-order chi connectivity index (χ0) is 19.9. The summed E-state index contributed by atoms with van der Waals surface area (Å²) >= 11 is 0. The van der Waals surface area contributed by atoms with Crippen LogP contribution in [0.5, 0.6) is 0 Å². The van der Waals surface area contributed by atoms with Crippen LogP contribution in [0.4, 0.5) is 0 Å². The number of hydrogen-bond acceptors (Lipinski definition) is 4.